The van der Waals surface area contributed by atoms with E-state index in [9.17, 15) is 4.79 Å². The van der Waals surface area contributed by atoms with Gasteiger partial charge < -0.3 is 10.2 Å². The molecule has 1 unspecified atom stereocenters. The summed E-state index contributed by atoms with van der Waals surface area (Å²) in [6.45, 7) is 2.37. The molecule has 2 aromatic heterocycles. The minimum Gasteiger partial charge on any atom is -0.424 e. The highest BCUT2D eigenvalue weighted by Gasteiger charge is 2.29. The number of hydrogen-bond donors (Lipinski definition) is 1. The van der Waals surface area contributed by atoms with Gasteiger partial charge in [0.1, 0.15) is 0 Å². The Morgan fingerprint density at radius 2 is 1.90 bits per heavy atom. The van der Waals surface area contributed by atoms with Gasteiger partial charge in [-0.25, -0.2) is 4.68 Å². The first-order chi connectivity index (χ1) is 14.7. The smallest absolute Gasteiger partial charge is 0.252 e. The lowest BCUT2D eigenvalue weighted by Gasteiger charge is -2.31. The zero-order valence-corrected chi connectivity index (χ0v) is 16.9. The number of amides is 1. The molecule has 8 nitrogen and oxygen atoms in total. The topological polar surface area (TPSA) is 103 Å². The molecule has 0 spiro atoms. The lowest BCUT2D eigenvalue weighted by Crippen LogP contribution is -2.34. The minimum absolute atomic E-state index is 0.139. The Balaban J connectivity index is 1.33. The van der Waals surface area contributed by atoms with E-state index >= 15 is 0 Å². The van der Waals surface area contributed by atoms with Crippen molar-refractivity contribution in [2.45, 2.75) is 50.5 Å². The molecule has 8 heteroatoms. The molecule has 3 heterocycles. The van der Waals surface area contributed by atoms with Crippen LogP contribution in [0.25, 0.3) is 5.69 Å². The molecule has 30 heavy (non-hydrogen) atoms. The van der Waals surface area contributed by atoms with Gasteiger partial charge in [0.25, 0.3) is 5.91 Å². The fourth-order valence-corrected chi connectivity index (χ4v) is 4.36. The summed E-state index contributed by atoms with van der Waals surface area (Å²) >= 11 is 0. The normalized spacial score (nSPS) is 20.2. The Hall–Kier alpha value is -3.00. The van der Waals surface area contributed by atoms with Crippen molar-refractivity contribution in [3.8, 4) is 5.69 Å². The highest BCUT2D eigenvalue weighted by atomic mass is 16.4. The first-order valence-corrected chi connectivity index (χ1v) is 10.7. The standard InChI is InChI=1S/C22H26N6O2/c23-21(29)18-13-28(17-9-2-1-3-10-17)26-20(18)16-8-5-11-27(12-16)14-19-24-25-22(30-19)15-6-4-7-15/h1-3,9-10,13,15-16H,4-8,11-12,14H2,(H2,23,29). The molecule has 1 atom stereocenters. The molecule has 1 amide bonds. The molecule has 156 valence electrons. The molecule has 1 aliphatic heterocycles. The maximum Gasteiger partial charge on any atom is 0.252 e. The van der Waals surface area contributed by atoms with Crippen LogP contribution in [0.15, 0.2) is 40.9 Å². The van der Waals surface area contributed by atoms with Crippen molar-refractivity contribution in [2.75, 3.05) is 13.1 Å². The lowest BCUT2D eigenvalue weighted by molar-refractivity contribution is 0.0997. The van der Waals surface area contributed by atoms with Gasteiger partial charge in [-0.2, -0.15) is 5.10 Å². The van der Waals surface area contributed by atoms with E-state index in [1.807, 2.05) is 30.3 Å². The van der Waals surface area contributed by atoms with Crippen LogP contribution in [0.1, 0.15) is 71.8 Å². The van der Waals surface area contributed by atoms with Crippen molar-refractivity contribution in [1.29, 1.82) is 0 Å². The molecular formula is C22H26N6O2. The second kappa shape index (κ2) is 8.02. The maximum absolute atomic E-state index is 12.1. The number of primary amides is 1. The highest BCUT2D eigenvalue weighted by Crippen LogP contribution is 2.35. The number of hydrogen-bond acceptors (Lipinski definition) is 6. The van der Waals surface area contributed by atoms with Crippen molar-refractivity contribution in [3.63, 3.8) is 0 Å². The monoisotopic (exact) mass is 406 g/mol. The molecule has 2 fully saturated rings. The average molecular weight is 406 g/mol. The summed E-state index contributed by atoms with van der Waals surface area (Å²) in [5, 5.41) is 13.2. The summed E-state index contributed by atoms with van der Waals surface area (Å²) in [4.78, 5) is 14.4. The van der Waals surface area contributed by atoms with Crippen molar-refractivity contribution in [1.82, 2.24) is 24.9 Å². The van der Waals surface area contributed by atoms with Crippen LogP contribution in [0.2, 0.25) is 0 Å². The molecular weight excluding hydrogens is 380 g/mol. The van der Waals surface area contributed by atoms with Gasteiger partial charge in [-0.15, -0.1) is 10.2 Å². The zero-order chi connectivity index (χ0) is 20.5. The highest BCUT2D eigenvalue weighted by molar-refractivity contribution is 5.94. The third-order valence-electron chi connectivity index (χ3n) is 6.22. The van der Waals surface area contributed by atoms with E-state index in [-0.39, 0.29) is 5.92 Å². The van der Waals surface area contributed by atoms with Crippen LogP contribution in [0, 0.1) is 0 Å². The van der Waals surface area contributed by atoms with Crippen LogP contribution in [-0.2, 0) is 6.54 Å². The maximum atomic E-state index is 12.1. The van der Waals surface area contributed by atoms with E-state index < -0.39 is 5.91 Å². The largest absolute Gasteiger partial charge is 0.424 e. The zero-order valence-electron chi connectivity index (χ0n) is 16.9. The molecule has 1 saturated carbocycles. The van der Waals surface area contributed by atoms with Crippen molar-refractivity contribution in [2.24, 2.45) is 5.73 Å². The minimum atomic E-state index is -0.439. The summed E-state index contributed by atoms with van der Waals surface area (Å²) in [5.41, 5.74) is 7.86. The average Bonchev–Trinajstić information content (AvgIpc) is 3.35. The molecule has 0 radical (unpaired) electrons. The molecule has 1 aromatic carbocycles. The second-order valence-electron chi connectivity index (χ2n) is 8.31. The number of nitrogens with two attached hydrogens (primary N) is 1. The Bertz CT molecular complexity index is 1020. The van der Waals surface area contributed by atoms with Crippen molar-refractivity contribution >= 4 is 5.91 Å². The molecule has 0 bridgehead atoms. The molecule has 1 saturated heterocycles. The third-order valence-corrected chi connectivity index (χ3v) is 6.22. The number of carbonyl (C=O) groups excluding carboxylic acids is 1. The number of para-hydroxylation sites is 1. The number of rotatable bonds is 6. The second-order valence-corrected chi connectivity index (χ2v) is 8.31. The van der Waals surface area contributed by atoms with E-state index in [1.165, 1.54) is 6.42 Å². The number of piperidine rings is 1. The van der Waals surface area contributed by atoms with Crippen LogP contribution in [0.3, 0.4) is 0 Å². The van der Waals surface area contributed by atoms with Crippen LogP contribution >= 0.6 is 0 Å². The Kier molecular flexibility index (Phi) is 5.08. The summed E-state index contributed by atoms with van der Waals surface area (Å²) in [7, 11) is 0. The van der Waals surface area contributed by atoms with Gasteiger partial charge in [0.15, 0.2) is 0 Å². The van der Waals surface area contributed by atoms with E-state index in [0.29, 0.717) is 23.9 Å². The summed E-state index contributed by atoms with van der Waals surface area (Å²) in [6.07, 6.45) is 7.27. The van der Waals surface area contributed by atoms with Crippen LogP contribution < -0.4 is 5.73 Å². The molecule has 3 aromatic rings. The van der Waals surface area contributed by atoms with E-state index in [1.54, 1.807) is 10.9 Å². The molecule has 2 N–H and O–H groups in total. The SMILES string of the molecule is NC(=O)c1cn(-c2ccccc2)nc1C1CCCN(Cc2nnc(C3CCC3)o2)C1. The third kappa shape index (κ3) is 3.75. The van der Waals surface area contributed by atoms with Crippen molar-refractivity contribution < 1.29 is 9.21 Å². The Morgan fingerprint density at radius 1 is 1.10 bits per heavy atom. The number of benzene rings is 1. The summed E-state index contributed by atoms with van der Waals surface area (Å²) in [5.74, 6) is 1.59. The number of carbonyl (C=O) groups is 1. The van der Waals surface area contributed by atoms with Gasteiger partial charge in [0.2, 0.25) is 11.8 Å². The molecule has 2 aliphatic rings. The Labute approximate surface area is 175 Å². The molecule has 5 rings (SSSR count). The van der Waals surface area contributed by atoms with Crippen molar-refractivity contribution in [3.05, 3.63) is 59.6 Å². The van der Waals surface area contributed by atoms with Gasteiger partial charge in [-0.05, 0) is 44.4 Å². The summed E-state index contributed by atoms with van der Waals surface area (Å²) in [6, 6.07) is 9.78. The van der Waals surface area contributed by atoms with Crippen LogP contribution in [0.5, 0.6) is 0 Å². The fraction of sp³-hybridized carbons (Fsp3) is 0.455. The fourth-order valence-electron chi connectivity index (χ4n) is 4.36. The first-order valence-electron chi connectivity index (χ1n) is 10.7. The quantitative estimate of drug-likeness (QED) is 0.675. The van der Waals surface area contributed by atoms with Crippen LogP contribution in [-0.4, -0.2) is 43.9 Å². The predicted molar refractivity (Wildman–Crippen MR) is 110 cm³/mol. The van der Waals surface area contributed by atoms with Crippen LogP contribution in [0.4, 0.5) is 0 Å². The molecule has 1 aliphatic carbocycles. The Morgan fingerprint density at radius 3 is 2.63 bits per heavy atom. The van der Waals surface area contributed by atoms with E-state index in [2.05, 4.69) is 15.1 Å². The van der Waals surface area contributed by atoms with Gasteiger partial charge >= 0.3 is 0 Å². The van der Waals surface area contributed by atoms with Gasteiger partial charge in [0, 0.05) is 24.6 Å². The lowest BCUT2D eigenvalue weighted by atomic mass is 9.85. The number of likely N-dealkylation sites (tertiary alicyclic amines) is 1. The van der Waals surface area contributed by atoms with Gasteiger partial charge in [-0.1, -0.05) is 24.6 Å². The van der Waals surface area contributed by atoms with E-state index in [0.717, 1.165) is 56.0 Å². The number of aromatic nitrogens is 4. The summed E-state index contributed by atoms with van der Waals surface area (Å²) < 4.78 is 7.64. The van der Waals surface area contributed by atoms with E-state index in [4.69, 9.17) is 15.2 Å². The predicted octanol–water partition coefficient (Wildman–Crippen LogP) is 3.00. The van der Waals surface area contributed by atoms with Gasteiger partial charge in [0.05, 0.1) is 23.5 Å². The van der Waals surface area contributed by atoms with Gasteiger partial charge in [-0.3, -0.25) is 9.69 Å². The first kappa shape index (κ1) is 19.0. The number of nitrogens with zero attached hydrogens (tertiary/aromatic N) is 5.